The first-order valence-corrected chi connectivity index (χ1v) is 13.6. The van der Waals surface area contributed by atoms with Crippen LogP contribution in [-0.2, 0) is 16.8 Å². The zero-order valence-corrected chi connectivity index (χ0v) is 23.3. The Hall–Kier alpha value is -2.37. The van der Waals surface area contributed by atoms with Gasteiger partial charge in [0.25, 0.3) is 5.91 Å². The average Bonchev–Trinajstić information content (AvgIpc) is 2.82. The van der Waals surface area contributed by atoms with Gasteiger partial charge in [0.15, 0.2) is 0 Å². The van der Waals surface area contributed by atoms with Gasteiger partial charge in [-0.2, -0.15) is 0 Å². The monoisotopic (exact) mass is 513 g/mol. The topological polar surface area (TPSA) is 61.4 Å². The molecule has 2 amide bonds. The van der Waals surface area contributed by atoms with Crippen molar-refractivity contribution in [3.63, 3.8) is 0 Å². The van der Waals surface area contributed by atoms with Gasteiger partial charge in [0.1, 0.15) is 0 Å². The third-order valence-corrected chi connectivity index (χ3v) is 6.74. The largest absolute Gasteiger partial charge is 0.352 e. The molecule has 2 N–H and O–H groups in total. The van der Waals surface area contributed by atoms with Crippen molar-refractivity contribution >= 4 is 23.4 Å². The van der Waals surface area contributed by atoms with E-state index in [1.54, 1.807) is 12.1 Å². The van der Waals surface area contributed by atoms with Crippen molar-refractivity contribution in [2.45, 2.75) is 84.2 Å². The second kappa shape index (κ2) is 15.0. The van der Waals surface area contributed by atoms with E-state index in [2.05, 4.69) is 49.8 Å². The maximum absolute atomic E-state index is 12.8. The molecule has 1 fully saturated rings. The number of nitrogens with zero attached hydrogens (tertiary/aromatic N) is 1. The molecule has 0 radical (unpaired) electrons. The maximum atomic E-state index is 12.8. The molecule has 1 heterocycles. The average molecular weight is 514 g/mol. The molecule has 0 aliphatic carbocycles. The number of benzene rings is 1. The van der Waals surface area contributed by atoms with Crippen LogP contribution in [0.1, 0.15) is 87.7 Å². The third kappa shape index (κ3) is 9.94. The molecule has 5 nitrogen and oxygen atoms in total. The first-order chi connectivity index (χ1) is 17.2. The van der Waals surface area contributed by atoms with E-state index in [0.717, 1.165) is 56.3 Å². The number of halogens is 1. The molecule has 0 saturated carbocycles. The Morgan fingerprint density at radius 3 is 2.67 bits per heavy atom. The van der Waals surface area contributed by atoms with Crippen molar-refractivity contribution in [1.82, 2.24) is 15.5 Å². The van der Waals surface area contributed by atoms with Crippen molar-refractivity contribution in [3.05, 3.63) is 70.8 Å². The van der Waals surface area contributed by atoms with Crippen LogP contribution in [-0.4, -0.2) is 42.4 Å². The lowest BCUT2D eigenvalue weighted by Gasteiger charge is -2.35. The number of amides is 2. The second-order valence-electron chi connectivity index (χ2n) is 10.6. The molecule has 6 heteroatoms. The van der Waals surface area contributed by atoms with E-state index in [1.165, 1.54) is 0 Å². The molecule has 36 heavy (non-hydrogen) atoms. The normalized spacial score (nSPS) is 17.0. The lowest BCUT2D eigenvalue weighted by molar-refractivity contribution is -0.122. The molecular formula is C30H44ClN3O2. The summed E-state index contributed by atoms with van der Waals surface area (Å²) in [7, 11) is 0. The van der Waals surface area contributed by atoms with E-state index in [-0.39, 0.29) is 23.3 Å². The van der Waals surface area contributed by atoms with E-state index >= 15 is 0 Å². The SMILES string of the molecule is C=CC=CC=CCNC(=O)c1cc(Cl)c(CN2CCCC(NC(=O)CCCCC)C2)c(C(C)(C)C)c1. The molecule has 1 unspecified atom stereocenters. The quantitative estimate of drug-likeness (QED) is 0.254. The molecule has 198 valence electrons. The Morgan fingerprint density at radius 1 is 1.19 bits per heavy atom. The molecule has 2 rings (SSSR count). The summed E-state index contributed by atoms with van der Waals surface area (Å²) in [6.07, 6.45) is 15.0. The molecule has 1 aliphatic heterocycles. The first kappa shape index (κ1) is 29.9. The highest BCUT2D eigenvalue weighted by atomic mass is 35.5. The fraction of sp³-hybridized carbons (Fsp3) is 0.533. The molecule has 0 aromatic heterocycles. The highest BCUT2D eigenvalue weighted by molar-refractivity contribution is 6.31. The predicted octanol–water partition coefficient (Wildman–Crippen LogP) is 6.33. The third-order valence-electron chi connectivity index (χ3n) is 6.40. The molecule has 1 aromatic carbocycles. The number of unbranched alkanes of at least 4 members (excludes halogenated alkanes) is 2. The Labute approximate surface area is 223 Å². The summed E-state index contributed by atoms with van der Waals surface area (Å²) >= 11 is 6.81. The van der Waals surface area contributed by atoms with Crippen LogP contribution < -0.4 is 10.6 Å². The minimum absolute atomic E-state index is 0.143. The Morgan fingerprint density at radius 2 is 1.97 bits per heavy atom. The molecule has 1 aliphatic rings. The number of piperidine rings is 1. The van der Waals surface area contributed by atoms with Gasteiger partial charge in [-0.1, -0.05) is 89.1 Å². The van der Waals surface area contributed by atoms with Crippen molar-refractivity contribution in [2.75, 3.05) is 19.6 Å². The molecular weight excluding hydrogens is 470 g/mol. The smallest absolute Gasteiger partial charge is 0.251 e. The second-order valence-corrected chi connectivity index (χ2v) is 11.0. The number of likely N-dealkylation sites (tertiary alicyclic amines) is 1. The summed E-state index contributed by atoms with van der Waals surface area (Å²) in [6, 6.07) is 3.93. The van der Waals surface area contributed by atoms with Gasteiger partial charge in [0, 0.05) is 42.7 Å². The number of allylic oxidation sites excluding steroid dienone is 4. The molecule has 0 bridgehead atoms. The van der Waals surface area contributed by atoms with Gasteiger partial charge in [0.2, 0.25) is 5.91 Å². The number of hydrogen-bond donors (Lipinski definition) is 2. The van der Waals surface area contributed by atoms with Crippen LogP contribution in [0.25, 0.3) is 0 Å². The Kier molecular flexibility index (Phi) is 12.5. The number of nitrogens with one attached hydrogen (secondary N) is 2. The van der Waals surface area contributed by atoms with Gasteiger partial charge in [-0.15, -0.1) is 0 Å². The van der Waals surface area contributed by atoms with Crippen LogP contribution in [0.4, 0.5) is 0 Å². The van der Waals surface area contributed by atoms with E-state index in [1.807, 2.05) is 30.4 Å². The van der Waals surface area contributed by atoms with Crippen LogP contribution in [0.15, 0.2) is 49.1 Å². The molecule has 0 spiro atoms. The van der Waals surface area contributed by atoms with Crippen molar-refractivity contribution in [1.29, 1.82) is 0 Å². The van der Waals surface area contributed by atoms with Gasteiger partial charge in [-0.3, -0.25) is 14.5 Å². The van der Waals surface area contributed by atoms with E-state index in [4.69, 9.17) is 11.6 Å². The van der Waals surface area contributed by atoms with Gasteiger partial charge < -0.3 is 10.6 Å². The minimum atomic E-state index is -0.173. The van der Waals surface area contributed by atoms with Crippen LogP contribution in [0.2, 0.25) is 5.02 Å². The summed E-state index contributed by atoms with van der Waals surface area (Å²) in [6.45, 7) is 15.1. The van der Waals surface area contributed by atoms with E-state index < -0.39 is 0 Å². The number of hydrogen-bond acceptors (Lipinski definition) is 3. The van der Waals surface area contributed by atoms with Gasteiger partial charge >= 0.3 is 0 Å². The molecule has 1 saturated heterocycles. The number of carbonyl (C=O) groups excluding carboxylic acids is 2. The first-order valence-electron chi connectivity index (χ1n) is 13.2. The summed E-state index contributed by atoms with van der Waals surface area (Å²) in [4.78, 5) is 27.5. The fourth-order valence-corrected chi connectivity index (χ4v) is 4.80. The number of carbonyl (C=O) groups is 2. The summed E-state index contributed by atoms with van der Waals surface area (Å²) in [5, 5.41) is 6.78. The summed E-state index contributed by atoms with van der Waals surface area (Å²) in [5.41, 5.74) is 2.54. The predicted molar refractivity (Wildman–Crippen MR) is 152 cm³/mol. The highest BCUT2D eigenvalue weighted by Gasteiger charge is 2.27. The zero-order valence-electron chi connectivity index (χ0n) is 22.5. The summed E-state index contributed by atoms with van der Waals surface area (Å²) in [5.74, 6) is 0.0146. The van der Waals surface area contributed by atoms with Crippen LogP contribution in [0, 0.1) is 0 Å². The maximum Gasteiger partial charge on any atom is 0.251 e. The fourth-order valence-electron chi connectivity index (χ4n) is 4.52. The van der Waals surface area contributed by atoms with Crippen LogP contribution in [0.3, 0.4) is 0 Å². The van der Waals surface area contributed by atoms with Gasteiger partial charge in [-0.05, 0) is 54.5 Å². The van der Waals surface area contributed by atoms with Crippen molar-refractivity contribution < 1.29 is 9.59 Å². The van der Waals surface area contributed by atoms with E-state index in [9.17, 15) is 9.59 Å². The number of rotatable bonds is 12. The zero-order chi connectivity index (χ0) is 26.6. The molecule has 1 aromatic rings. The lowest BCUT2D eigenvalue weighted by atomic mass is 9.82. The van der Waals surface area contributed by atoms with Crippen molar-refractivity contribution in [2.24, 2.45) is 0 Å². The Bertz CT molecular complexity index is 946. The van der Waals surface area contributed by atoms with Gasteiger partial charge in [0.05, 0.1) is 0 Å². The van der Waals surface area contributed by atoms with E-state index in [0.29, 0.717) is 30.1 Å². The lowest BCUT2D eigenvalue weighted by Crippen LogP contribution is -2.47. The Balaban J connectivity index is 2.10. The highest BCUT2D eigenvalue weighted by Crippen LogP contribution is 2.33. The van der Waals surface area contributed by atoms with Gasteiger partial charge in [-0.25, -0.2) is 0 Å². The van der Waals surface area contributed by atoms with Crippen LogP contribution in [0.5, 0.6) is 0 Å². The minimum Gasteiger partial charge on any atom is -0.352 e. The standard InChI is InChI=1S/C30H44ClN3O2/c1-6-8-10-11-13-17-32-29(36)23-19-26(30(3,4)5)25(27(31)20-23)22-34-18-14-15-24(21-34)33-28(35)16-12-9-7-2/h6,8,10-11,13,19-20,24H,1,7,9,12,14-18,21-22H2,2-5H3,(H,32,36)(H,33,35). The van der Waals surface area contributed by atoms with Crippen LogP contribution >= 0.6 is 11.6 Å². The van der Waals surface area contributed by atoms with Crippen molar-refractivity contribution in [3.8, 4) is 0 Å². The summed E-state index contributed by atoms with van der Waals surface area (Å²) < 4.78 is 0. The molecule has 1 atom stereocenters.